The molecular weight excluding hydrogens is 254 g/mol. The third-order valence-corrected chi connectivity index (χ3v) is 4.16. The molecule has 4 N–H and O–H groups in total. The molecule has 1 aliphatic carbocycles. The van der Waals surface area contributed by atoms with Gasteiger partial charge in [0.2, 0.25) is 12.3 Å². The van der Waals surface area contributed by atoms with Crippen LogP contribution >= 0.6 is 0 Å². The molecule has 20 heavy (non-hydrogen) atoms. The molecule has 1 heterocycles. The minimum atomic E-state index is 0.124. The van der Waals surface area contributed by atoms with E-state index in [1.165, 1.54) is 7.05 Å². The van der Waals surface area contributed by atoms with Crippen molar-refractivity contribution in [1.82, 2.24) is 4.90 Å². The van der Waals surface area contributed by atoms with Crippen molar-refractivity contribution in [3.63, 3.8) is 0 Å². The van der Waals surface area contributed by atoms with Gasteiger partial charge in [-0.15, -0.1) is 0 Å². The van der Waals surface area contributed by atoms with Gasteiger partial charge in [-0.1, -0.05) is 34.6 Å². The zero-order chi connectivity index (χ0) is 16.1. The van der Waals surface area contributed by atoms with Gasteiger partial charge in [0.15, 0.2) is 0 Å². The van der Waals surface area contributed by atoms with Crippen LogP contribution < -0.4 is 11.5 Å². The van der Waals surface area contributed by atoms with Gasteiger partial charge in [-0.05, 0) is 29.7 Å². The summed E-state index contributed by atoms with van der Waals surface area (Å²) in [5, 5.41) is 0. The molecule has 0 bridgehead atoms. The van der Waals surface area contributed by atoms with Crippen LogP contribution in [-0.4, -0.2) is 37.4 Å². The summed E-state index contributed by atoms with van der Waals surface area (Å²) in [4.78, 5) is 22.6. The molecule has 2 fully saturated rings. The maximum Gasteiger partial charge on any atom is 0.223 e. The van der Waals surface area contributed by atoms with Crippen LogP contribution in [0.5, 0.6) is 0 Å². The van der Waals surface area contributed by atoms with E-state index in [1.54, 1.807) is 0 Å². The molecule has 118 valence electrons. The minimum Gasteiger partial charge on any atom is -0.372 e. The Morgan fingerprint density at radius 2 is 1.60 bits per heavy atom. The summed E-state index contributed by atoms with van der Waals surface area (Å²) in [6.45, 7) is 13.1. The van der Waals surface area contributed by atoms with Gasteiger partial charge in [0.25, 0.3) is 0 Å². The average Bonchev–Trinajstić information content (AvgIpc) is 2.69. The van der Waals surface area contributed by atoms with E-state index in [-0.39, 0.29) is 11.8 Å². The maximum atomic E-state index is 12.0. The molecule has 0 radical (unpaired) electrons. The lowest BCUT2D eigenvalue weighted by atomic mass is 9.91. The van der Waals surface area contributed by atoms with Crippen molar-refractivity contribution in [2.24, 2.45) is 34.1 Å². The van der Waals surface area contributed by atoms with Gasteiger partial charge in [-0.3, -0.25) is 9.59 Å². The first-order valence-corrected chi connectivity index (χ1v) is 7.14. The van der Waals surface area contributed by atoms with Crippen LogP contribution in [0.25, 0.3) is 0 Å². The highest BCUT2D eigenvalue weighted by atomic mass is 16.2. The lowest BCUT2D eigenvalue weighted by Gasteiger charge is -2.26. The predicted molar refractivity (Wildman–Crippen MR) is 81.8 cm³/mol. The molecule has 5 nitrogen and oxygen atoms in total. The molecule has 0 aromatic rings. The Morgan fingerprint density at radius 3 is 1.90 bits per heavy atom. The number of carbonyl (C=O) groups is 2. The van der Waals surface area contributed by atoms with Gasteiger partial charge in [0.1, 0.15) is 0 Å². The van der Waals surface area contributed by atoms with Gasteiger partial charge in [-0.2, -0.15) is 0 Å². The van der Waals surface area contributed by atoms with E-state index in [1.807, 2.05) is 0 Å². The van der Waals surface area contributed by atoms with Crippen LogP contribution in [0.4, 0.5) is 0 Å². The summed E-state index contributed by atoms with van der Waals surface area (Å²) in [5.74, 6) is 1.91. The largest absolute Gasteiger partial charge is 0.372 e. The van der Waals surface area contributed by atoms with Crippen LogP contribution in [0.15, 0.2) is 0 Å². The summed E-state index contributed by atoms with van der Waals surface area (Å²) in [6.07, 6.45) is 0.937. The van der Waals surface area contributed by atoms with E-state index in [0.29, 0.717) is 17.7 Å². The summed E-state index contributed by atoms with van der Waals surface area (Å²) in [6, 6.07) is 0. The number of primary amides is 1. The second-order valence-electron chi connectivity index (χ2n) is 7.21. The Kier molecular flexibility index (Phi) is 6.68. The fourth-order valence-corrected chi connectivity index (χ4v) is 2.90. The molecule has 1 saturated carbocycles. The number of carbonyl (C=O) groups excluding carboxylic acids is 2. The van der Waals surface area contributed by atoms with E-state index < -0.39 is 0 Å². The molecule has 0 spiro atoms. The highest BCUT2D eigenvalue weighted by Crippen LogP contribution is 2.62. The third kappa shape index (κ3) is 4.78. The molecule has 2 atom stereocenters. The topological polar surface area (TPSA) is 89.4 Å². The summed E-state index contributed by atoms with van der Waals surface area (Å²) in [5.41, 5.74) is 9.30. The molecule has 0 aromatic carbocycles. The third-order valence-electron chi connectivity index (χ3n) is 4.16. The second kappa shape index (κ2) is 7.07. The number of likely N-dealkylation sites (tertiary alicyclic amines) is 1. The molecule has 5 heteroatoms. The number of hydrogen-bond acceptors (Lipinski definition) is 3. The Balaban J connectivity index is 0.000000641. The second-order valence-corrected chi connectivity index (χ2v) is 7.21. The van der Waals surface area contributed by atoms with Gasteiger partial charge in [-0.25, -0.2) is 0 Å². The molecule has 0 unspecified atom stereocenters. The van der Waals surface area contributed by atoms with Gasteiger partial charge >= 0.3 is 0 Å². The molecule has 2 rings (SSSR count). The minimum absolute atomic E-state index is 0.124. The van der Waals surface area contributed by atoms with Crippen LogP contribution in [0.1, 0.15) is 41.0 Å². The Bertz CT molecular complexity index is 321. The molecule has 0 aromatic heterocycles. The number of nitrogens with zero attached hydrogens (tertiary/aromatic N) is 1. The van der Waals surface area contributed by atoms with Crippen molar-refractivity contribution in [2.75, 3.05) is 20.1 Å². The Morgan fingerprint density at radius 1 is 1.25 bits per heavy atom. The van der Waals surface area contributed by atoms with Crippen LogP contribution in [-0.2, 0) is 9.59 Å². The van der Waals surface area contributed by atoms with Crippen molar-refractivity contribution < 1.29 is 9.59 Å². The van der Waals surface area contributed by atoms with Crippen LogP contribution in [0, 0.1) is 22.7 Å². The van der Waals surface area contributed by atoms with E-state index >= 15 is 0 Å². The molecular formula is C15H31N3O2. The first kappa shape index (κ1) is 18.9. The lowest BCUT2D eigenvalue weighted by Crippen LogP contribution is -2.35. The average molecular weight is 285 g/mol. The number of amides is 2. The van der Waals surface area contributed by atoms with Crippen LogP contribution in [0.2, 0.25) is 0 Å². The smallest absolute Gasteiger partial charge is 0.223 e. The fourth-order valence-electron chi connectivity index (χ4n) is 2.90. The number of hydrogen-bond donors (Lipinski definition) is 2. The standard InChI is InChI=1S/C13H23NO.CH3NO.CH5N/c1-12(2,3)6-11(15)14-7-9-10(8-14)13(9,4)5;2-1-3;1-2/h9-10H,6-8H2,1-5H3;1H,(H2,2,3);2H2,1H3/t9-,10+;;. The zero-order valence-corrected chi connectivity index (χ0v) is 13.8. The van der Waals surface area contributed by atoms with Crippen molar-refractivity contribution in [3.8, 4) is 0 Å². The monoisotopic (exact) mass is 285 g/mol. The highest BCUT2D eigenvalue weighted by Gasteiger charge is 2.62. The normalized spacial score (nSPS) is 25.4. The Labute approximate surface area is 123 Å². The first-order valence-electron chi connectivity index (χ1n) is 7.14. The number of nitrogens with two attached hydrogens (primary N) is 2. The van der Waals surface area contributed by atoms with E-state index in [2.05, 4.69) is 51.0 Å². The van der Waals surface area contributed by atoms with E-state index in [0.717, 1.165) is 24.9 Å². The quantitative estimate of drug-likeness (QED) is 0.710. The summed E-state index contributed by atoms with van der Waals surface area (Å²) in [7, 11) is 1.50. The van der Waals surface area contributed by atoms with Gasteiger partial charge in [0, 0.05) is 19.5 Å². The van der Waals surface area contributed by atoms with Gasteiger partial charge in [0.05, 0.1) is 0 Å². The Hall–Kier alpha value is -1.10. The highest BCUT2D eigenvalue weighted by molar-refractivity contribution is 5.77. The molecule has 2 amide bonds. The lowest BCUT2D eigenvalue weighted by molar-refractivity contribution is -0.132. The molecule has 2 aliphatic rings. The van der Waals surface area contributed by atoms with Gasteiger partial charge < -0.3 is 16.4 Å². The zero-order valence-electron chi connectivity index (χ0n) is 13.8. The number of fused-ring (bicyclic) bond motifs is 1. The number of piperidine rings is 1. The van der Waals surface area contributed by atoms with Crippen molar-refractivity contribution in [1.29, 1.82) is 0 Å². The van der Waals surface area contributed by atoms with E-state index in [9.17, 15) is 4.79 Å². The van der Waals surface area contributed by atoms with Crippen molar-refractivity contribution in [3.05, 3.63) is 0 Å². The molecule has 1 aliphatic heterocycles. The van der Waals surface area contributed by atoms with E-state index in [4.69, 9.17) is 4.79 Å². The molecule has 1 saturated heterocycles. The number of rotatable bonds is 1. The SMILES string of the molecule is CC(C)(C)CC(=O)N1C[C@@H]2[C@H](C1)C2(C)C.CN.NC=O. The van der Waals surface area contributed by atoms with Crippen molar-refractivity contribution in [2.45, 2.75) is 41.0 Å². The van der Waals surface area contributed by atoms with Crippen LogP contribution in [0.3, 0.4) is 0 Å². The maximum absolute atomic E-state index is 12.0. The fraction of sp³-hybridized carbons (Fsp3) is 0.867. The van der Waals surface area contributed by atoms with Crippen molar-refractivity contribution >= 4 is 12.3 Å². The first-order chi connectivity index (χ1) is 9.13. The summed E-state index contributed by atoms with van der Waals surface area (Å²) >= 11 is 0. The summed E-state index contributed by atoms with van der Waals surface area (Å²) < 4.78 is 0. The predicted octanol–water partition coefficient (Wildman–Crippen LogP) is 1.21.